The number of hydrogen-bond donors (Lipinski definition) is 0. The van der Waals surface area contributed by atoms with E-state index in [1.54, 1.807) is 0 Å². The molecule has 0 aromatic heterocycles. The van der Waals surface area contributed by atoms with E-state index >= 15 is 0 Å². The Hall–Kier alpha value is -2.09. The van der Waals surface area contributed by atoms with Crippen LogP contribution in [-0.4, -0.2) is 19.8 Å². The van der Waals surface area contributed by atoms with Gasteiger partial charge >= 0.3 is 0 Å². The van der Waals surface area contributed by atoms with E-state index in [-0.39, 0.29) is 0 Å². The fourth-order valence-electron chi connectivity index (χ4n) is 1.96. The van der Waals surface area contributed by atoms with E-state index in [0.717, 1.165) is 24.2 Å². The van der Waals surface area contributed by atoms with E-state index < -0.39 is 0 Å². The molecule has 0 spiro atoms. The molecule has 104 valence electrons. The fourth-order valence-corrected chi connectivity index (χ4v) is 1.96. The minimum atomic E-state index is 0.997. The van der Waals surface area contributed by atoms with Crippen LogP contribution < -0.4 is 4.90 Å². The lowest BCUT2D eigenvalue weighted by Gasteiger charge is -2.16. The first-order valence-corrected chi connectivity index (χ1v) is 7.17. The lowest BCUT2D eigenvalue weighted by Crippen LogP contribution is -2.15. The molecule has 20 heavy (non-hydrogen) atoms. The zero-order valence-corrected chi connectivity index (χ0v) is 12.5. The minimum absolute atomic E-state index is 0.997. The Morgan fingerprint density at radius 3 is 2.15 bits per heavy atom. The van der Waals surface area contributed by atoms with Crippen molar-refractivity contribution in [2.45, 2.75) is 20.3 Å². The van der Waals surface area contributed by atoms with Gasteiger partial charge in [0.1, 0.15) is 0 Å². The molecule has 0 heterocycles. The minimum Gasteiger partial charge on any atom is -0.375 e. The highest BCUT2D eigenvalue weighted by Crippen LogP contribution is 2.15. The molecule has 2 aromatic carbocycles. The summed E-state index contributed by atoms with van der Waals surface area (Å²) >= 11 is 0. The number of nitrogens with zero attached hydrogens (tertiary/aromatic N) is 2. The molecule has 2 aromatic rings. The Morgan fingerprint density at radius 1 is 0.950 bits per heavy atom. The SMILES string of the molecule is CCc1ccc(/N=C/c2ccc(N(C)CC)cc2)cc1. The van der Waals surface area contributed by atoms with E-state index in [1.165, 1.54) is 11.3 Å². The van der Waals surface area contributed by atoms with Crippen molar-refractivity contribution in [2.75, 3.05) is 18.5 Å². The number of rotatable bonds is 5. The largest absolute Gasteiger partial charge is 0.375 e. The smallest absolute Gasteiger partial charge is 0.0630 e. The molecule has 0 amide bonds. The molecular formula is C18H22N2. The zero-order valence-electron chi connectivity index (χ0n) is 12.5. The van der Waals surface area contributed by atoms with Crippen LogP contribution in [-0.2, 0) is 6.42 Å². The van der Waals surface area contributed by atoms with Gasteiger partial charge in [0, 0.05) is 25.5 Å². The third-order valence-corrected chi connectivity index (χ3v) is 3.52. The third-order valence-electron chi connectivity index (χ3n) is 3.52. The van der Waals surface area contributed by atoms with Crippen LogP contribution in [0.1, 0.15) is 25.0 Å². The van der Waals surface area contributed by atoms with Crippen molar-refractivity contribution in [1.29, 1.82) is 0 Å². The maximum absolute atomic E-state index is 4.51. The molecule has 0 bridgehead atoms. The molecule has 2 nitrogen and oxygen atoms in total. The van der Waals surface area contributed by atoms with Crippen LogP contribution >= 0.6 is 0 Å². The second-order valence-electron chi connectivity index (χ2n) is 4.88. The van der Waals surface area contributed by atoms with Gasteiger partial charge in [-0.05, 0) is 48.7 Å². The summed E-state index contributed by atoms with van der Waals surface area (Å²) in [6.07, 6.45) is 2.98. The molecule has 0 N–H and O–H groups in total. The summed E-state index contributed by atoms with van der Waals surface area (Å²) in [6.45, 7) is 5.32. The summed E-state index contributed by atoms with van der Waals surface area (Å²) < 4.78 is 0. The summed E-state index contributed by atoms with van der Waals surface area (Å²) in [4.78, 5) is 6.72. The van der Waals surface area contributed by atoms with Crippen LogP contribution in [0.4, 0.5) is 11.4 Å². The van der Waals surface area contributed by atoms with Gasteiger partial charge in [0.2, 0.25) is 0 Å². The van der Waals surface area contributed by atoms with Crippen LogP contribution in [0.25, 0.3) is 0 Å². The summed E-state index contributed by atoms with van der Waals surface area (Å²) in [6, 6.07) is 16.9. The van der Waals surface area contributed by atoms with Crippen LogP contribution in [0.3, 0.4) is 0 Å². The van der Waals surface area contributed by atoms with Crippen molar-refractivity contribution in [3.05, 3.63) is 59.7 Å². The Morgan fingerprint density at radius 2 is 1.60 bits per heavy atom. The number of hydrogen-bond acceptors (Lipinski definition) is 2. The quantitative estimate of drug-likeness (QED) is 0.730. The van der Waals surface area contributed by atoms with Crippen LogP contribution in [0.5, 0.6) is 0 Å². The highest BCUT2D eigenvalue weighted by molar-refractivity contribution is 5.82. The Balaban J connectivity index is 2.06. The number of aryl methyl sites for hydroxylation is 1. The third kappa shape index (κ3) is 3.70. The van der Waals surface area contributed by atoms with Gasteiger partial charge < -0.3 is 4.90 Å². The summed E-state index contributed by atoms with van der Waals surface area (Å²) in [5.41, 5.74) is 4.70. The molecule has 0 atom stereocenters. The molecular weight excluding hydrogens is 244 g/mol. The fraction of sp³-hybridized carbons (Fsp3) is 0.278. The lowest BCUT2D eigenvalue weighted by molar-refractivity contribution is 0.968. The molecule has 0 radical (unpaired) electrons. The monoisotopic (exact) mass is 266 g/mol. The van der Waals surface area contributed by atoms with Crippen molar-refractivity contribution < 1.29 is 0 Å². The molecule has 0 aliphatic rings. The summed E-state index contributed by atoms with van der Waals surface area (Å²) in [5.74, 6) is 0. The molecule has 0 saturated heterocycles. The van der Waals surface area contributed by atoms with E-state index in [4.69, 9.17) is 0 Å². The maximum atomic E-state index is 4.51. The first-order valence-electron chi connectivity index (χ1n) is 7.17. The standard InChI is InChI=1S/C18H22N2/c1-4-15-6-10-17(11-7-15)19-14-16-8-12-18(13-9-16)20(3)5-2/h6-14H,4-5H2,1-3H3/b19-14+. The summed E-state index contributed by atoms with van der Waals surface area (Å²) in [7, 11) is 2.10. The molecule has 0 fully saturated rings. The van der Waals surface area contributed by atoms with Crippen molar-refractivity contribution in [1.82, 2.24) is 0 Å². The number of aliphatic imine (C=N–C) groups is 1. The van der Waals surface area contributed by atoms with Crippen LogP contribution in [0, 0.1) is 0 Å². The normalized spacial score (nSPS) is 10.9. The molecule has 0 saturated carbocycles. The zero-order chi connectivity index (χ0) is 14.4. The van der Waals surface area contributed by atoms with Gasteiger partial charge in [-0.3, -0.25) is 4.99 Å². The van der Waals surface area contributed by atoms with E-state index in [1.807, 2.05) is 6.21 Å². The molecule has 0 aliphatic carbocycles. The van der Waals surface area contributed by atoms with Gasteiger partial charge in [-0.25, -0.2) is 0 Å². The Labute approximate surface area is 121 Å². The molecule has 0 aliphatic heterocycles. The Bertz CT molecular complexity index is 553. The van der Waals surface area contributed by atoms with Crippen LogP contribution in [0.2, 0.25) is 0 Å². The first kappa shape index (κ1) is 14.3. The van der Waals surface area contributed by atoms with Crippen molar-refractivity contribution in [2.24, 2.45) is 4.99 Å². The maximum Gasteiger partial charge on any atom is 0.0630 e. The van der Waals surface area contributed by atoms with Gasteiger partial charge in [-0.1, -0.05) is 31.2 Å². The predicted molar refractivity (Wildman–Crippen MR) is 88.5 cm³/mol. The van der Waals surface area contributed by atoms with Gasteiger partial charge in [0.05, 0.1) is 5.69 Å². The summed E-state index contributed by atoms with van der Waals surface area (Å²) in [5, 5.41) is 0. The second-order valence-corrected chi connectivity index (χ2v) is 4.88. The topological polar surface area (TPSA) is 15.6 Å². The van der Waals surface area contributed by atoms with E-state index in [2.05, 4.69) is 79.3 Å². The van der Waals surface area contributed by atoms with Crippen molar-refractivity contribution >= 4 is 17.6 Å². The first-order chi connectivity index (χ1) is 9.72. The Kier molecular flexibility index (Phi) is 4.94. The van der Waals surface area contributed by atoms with Gasteiger partial charge in [0.25, 0.3) is 0 Å². The highest BCUT2D eigenvalue weighted by Gasteiger charge is 1.97. The molecule has 2 rings (SSSR count). The lowest BCUT2D eigenvalue weighted by atomic mass is 10.1. The number of anilines is 1. The second kappa shape index (κ2) is 6.90. The van der Waals surface area contributed by atoms with Crippen LogP contribution in [0.15, 0.2) is 53.5 Å². The molecule has 2 heteroatoms. The van der Waals surface area contributed by atoms with Crippen molar-refractivity contribution in [3.8, 4) is 0 Å². The average Bonchev–Trinajstić information content (AvgIpc) is 2.53. The molecule has 0 unspecified atom stereocenters. The van der Waals surface area contributed by atoms with E-state index in [0.29, 0.717) is 0 Å². The number of benzene rings is 2. The highest BCUT2D eigenvalue weighted by atomic mass is 15.1. The van der Waals surface area contributed by atoms with Crippen molar-refractivity contribution in [3.63, 3.8) is 0 Å². The van der Waals surface area contributed by atoms with E-state index in [9.17, 15) is 0 Å². The van der Waals surface area contributed by atoms with Gasteiger partial charge in [0.15, 0.2) is 0 Å². The van der Waals surface area contributed by atoms with Gasteiger partial charge in [-0.2, -0.15) is 0 Å². The average molecular weight is 266 g/mol. The van der Waals surface area contributed by atoms with Gasteiger partial charge in [-0.15, -0.1) is 0 Å². The predicted octanol–water partition coefficient (Wildman–Crippen LogP) is 4.46.